The van der Waals surface area contributed by atoms with Crippen LogP contribution in [-0.4, -0.2) is 37.0 Å². The Morgan fingerprint density at radius 1 is 1.07 bits per heavy atom. The van der Waals surface area contributed by atoms with E-state index in [9.17, 15) is 4.79 Å². The zero-order chi connectivity index (χ0) is 18.2. The van der Waals surface area contributed by atoms with E-state index in [0.717, 1.165) is 50.3 Å². The normalized spacial score (nSPS) is 14.6. The Kier molecular flexibility index (Phi) is 9.19. The van der Waals surface area contributed by atoms with Gasteiger partial charge in [0.2, 0.25) is 0 Å². The Labute approximate surface area is 173 Å². The molecule has 1 amide bonds. The van der Waals surface area contributed by atoms with E-state index in [2.05, 4.69) is 48.6 Å². The van der Waals surface area contributed by atoms with E-state index in [1.807, 2.05) is 34.9 Å². The molecule has 0 saturated carbocycles. The third-order valence-electron chi connectivity index (χ3n) is 4.93. The van der Waals surface area contributed by atoms with Crippen LogP contribution >= 0.6 is 24.2 Å². The number of thioether (sulfide) groups is 1. The molecule has 27 heavy (non-hydrogen) atoms. The molecule has 1 heterocycles. The van der Waals surface area contributed by atoms with E-state index >= 15 is 0 Å². The zero-order valence-electron chi connectivity index (χ0n) is 15.9. The van der Waals surface area contributed by atoms with Crippen LogP contribution in [0.15, 0.2) is 59.5 Å². The highest BCUT2D eigenvalue weighted by Crippen LogP contribution is 2.23. The number of carbonyl (C=O) groups excluding carboxylic acids is 1. The molecule has 0 atom stereocenters. The van der Waals surface area contributed by atoms with E-state index in [4.69, 9.17) is 0 Å². The molecule has 0 radical (unpaired) electrons. The fraction of sp³-hybridized carbons (Fsp3) is 0.409. The first-order chi connectivity index (χ1) is 12.8. The van der Waals surface area contributed by atoms with Gasteiger partial charge in [-0.05, 0) is 61.7 Å². The van der Waals surface area contributed by atoms with Crippen LogP contribution in [0.3, 0.4) is 0 Å². The molecule has 0 aliphatic carbocycles. The Morgan fingerprint density at radius 2 is 1.74 bits per heavy atom. The van der Waals surface area contributed by atoms with Crippen LogP contribution in [0.1, 0.15) is 35.7 Å². The average molecular weight is 405 g/mol. The van der Waals surface area contributed by atoms with E-state index in [1.54, 1.807) is 0 Å². The minimum atomic E-state index is 0. The molecule has 1 aliphatic rings. The van der Waals surface area contributed by atoms with Crippen molar-refractivity contribution in [1.29, 1.82) is 0 Å². The van der Waals surface area contributed by atoms with Gasteiger partial charge in [-0.2, -0.15) is 0 Å². The summed E-state index contributed by atoms with van der Waals surface area (Å²) in [5.74, 6) is 1.81. The number of piperidine rings is 1. The summed E-state index contributed by atoms with van der Waals surface area (Å²) >= 11 is 1.82. The molecule has 2 aromatic rings. The molecular weight excluding hydrogens is 376 g/mol. The summed E-state index contributed by atoms with van der Waals surface area (Å²) in [5.41, 5.74) is 2.06. The number of hydrogen-bond acceptors (Lipinski definition) is 3. The van der Waals surface area contributed by atoms with Crippen LogP contribution < -0.4 is 5.32 Å². The average Bonchev–Trinajstić information content (AvgIpc) is 2.72. The van der Waals surface area contributed by atoms with Gasteiger partial charge < -0.3 is 10.2 Å². The molecule has 5 heteroatoms. The first-order valence-electron chi connectivity index (χ1n) is 9.53. The van der Waals surface area contributed by atoms with Gasteiger partial charge in [0.15, 0.2) is 0 Å². The lowest BCUT2D eigenvalue weighted by molar-refractivity contribution is 0.0690. The van der Waals surface area contributed by atoms with Crippen LogP contribution in [0.4, 0.5) is 0 Å². The van der Waals surface area contributed by atoms with Crippen molar-refractivity contribution in [2.75, 3.05) is 26.2 Å². The summed E-state index contributed by atoms with van der Waals surface area (Å²) in [6.07, 6.45) is 2.20. The first kappa shape index (κ1) is 21.8. The summed E-state index contributed by atoms with van der Waals surface area (Å²) in [7, 11) is 0. The second-order valence-corrected chi connectivity index (χ2v) is 7.89. The van der Waals surface area contributed by atoms with Crippen LogP contribution in [0.2, 0.25) is 0 Å². The molecule has 0 unspecified atom stereocenters. The van der Waals surface area contributed by atoms with Crippen LogP contribution in [0.5, 0.6) is 0 Å². The Balaban J connectivity index is 0.00000261. The number of likely N-dealkylation sites (tertiary alicyclic amines) is 1. The van der Waals surface area contributed by atoms with E-state index in [-0.39, 0.29) is 18.3 Å². The fourth-order valence-electron chi connectivity index (χ4n) is 3.30. The lowest BCUT2D eigenvalue weighted by atomic mass is 9.96. The smallest absolute Gasteiger partial charge is 0.253 e. The van der Waals surface area contributed by atoms with Gasteiger partial charge in [0.1, 0.15) is 0 Å². The standard InChI is InChI=1S/C22H28N2OS.ClH/c1-2-23-16-18-12-14-24(15-13-18)22(25)20-10-8-19(9-11-20)17-26-21-6-4-3-5-7-21;/h3-11,18,23H,2,12-17H2,1H3;1H. The first-order valence-corrected chi connectivity index (χ1v) is 10.5. The zero-order valence-corrected chi connectivity index (χ0v) is 17.5. The molecule has 3 nitrogen and oxygen atoms in total. The summed E-state index contributed by atoms with van der Waals surface area (Å²) in [4.78, 5) is 16.0. The minimum absolute atomic E-state index is 0. The third kappa shape index (κ3) is 6.56. The molecule has 146 valence electrons. The lowest BCUT2D eigenvalue weighted by Gasteiger charge is -2.32. The van der Waals surface area contributed by atoms with Gasteiger partial charge in [-0.25, -0.2) is 0 Å². The molecule has 2 aromatic carbocycles. The molecular formula is C22H29ClN2OS. The number of amides is 1. The topological polar surface area (TPSA) is 32.3 Å². The number of nitrogens with zero attached hydrogens (tertiary/aromatic N) is 1. The molecule has 0 bridgehead atoms. The highest BCUT2D eigenvalue weighted by Gasteiger charge is 2.23. The van der Waals surface area contributed by atoms with Gasteiger partial charge in [0.25, 0.3) is 5.91 Å². The minimum Gasteiger partial charge on any atom is -0.339 e. The molecule has 1 N–H and O–H groups in total. The summed E-state index contributed by atoms with van der Waals surface area (Å²) in [5, 5.41) is 3.42. The quantitative estimate of drug-likeness (QED) is 0.668. The largest absolute Gasteiger partial charge is 0.339 e. The maximum Gasteiger partial charge on any atom is 0.253 e. The summed E-state index contributed by atoms with van der Waals surface area (Å²) in [6, 6.07) is 18.5. The second-order valence-electron chi connectivity index (χ2n) is 6.84. The summed E-state index contributed by atoms with van der Waals surface area (Å²) in [6.45, 7) is 5.99. The third-order valence-corrected chi connectivity index (χ3v) is 6.02. The van der Waals surface area contributed by atoms with Gasteiger partial charge in [0.05, 0.1) is 0 Å². The molecule has 1 fully saturated rings. The molecule has 0 aromatic heterocycles. The highest BCUT2D eigenvalue weighted by molar-refractivity contribution is 7.98. The van der Waals surface area contributed by atoms with Crippen LogP contribution in [0.25, 0.3) is 0 Å². The van der Waals surface area contributed by atoms with Crippen molar-refractivity contribution in [1.82, 2.24) is 10.2 Å². The number of hydrogen-bond donors (Lipinski definition) is 1. The van der Waals surface area contributed by atoms with Crippen molar-refractivity contribution in [2.45, 2.75) is 30.4 Å². The predicted octanol–water partition coefficient (Wildman–Crippen LogP) is 4.86. The lowest BCUT2D eigenvalue weighted by Crippen LogP contribution is -2.40. The maximum absolute atomic E-state index is 12.7. The Bertz CT molecular complexity index is 685. The van der Waals surface area contributed by atoms with Crippen molar-refractivity contribution >= 4 is 30.1 Å². The van der Waals surface area contributed by atoms with Gasteiger partial charge in [-0.1, -0.05) is 37.3 Å². The maximum atomic E-state index is 12.7. The van der Waals surface area contributed by atoms with Crippen molar-refractivity contribution in [3.8, 4) is 0 Å². The van der Waals surface area contributed by atoms with E-state index in [0.29, 0.717) is 5.92 Å². The number of halogens is 1. The number of carbonyl (C=O) groups is 1. The molecule has 1 saturated heterocycles. The Morgan fingerprint density at radius 3 is 2.37 bits per heavy atom. The van der Waals surface area contributed by atoms with Gasteiger partial charge in [0, 0.05) is 29.3 Å². The highest BCUT2D eigenvalue weighted by atomic mass is 35.5. The molecule has 1 aliphatic heterocycles. The van der Waals surface area contributed by atoms with Gasteiger partial charge in [-0.15, -0.1) is 24.2 Å². The van der Waals surface area contributed by atoms with Crippen molar-refractivity contribution in [2.24, 2.45) is 5.92 Å². The fourth-order valence-corrected chi connectivity index (χ4v) is 4.17. The molecule has 0 spiro atoms. The van der Waals surface area contributed by atoms with E-state index in [1.165, 1.54) is 10.5 Å². The van der Waals surface area contributed by atoms with Crippen molar-refractivity contribution in [3.05, 3.63) is 65.7 Å². The molecule has 3 rings (SSSR count). The number of rotatable bonds is 7. The van der Waals surface area contributed by atoms with E-state index < -0.39 is 0 Å². The van der Waals surface area contributed by atoms with Crippen molar-refractivity contribution in [3.63, 3.8) is 0 Å². The predicted molar refractivity (Wildman–Crippen MR) is 117 cm³/mol. The monoisotopic (exact) mass is 404 g/mol. The SMILES string of the molecule is CCNCC1CCN(C(=O)c2ccc(CSc3ccccc3)cc2)CC1.Cl. The number of benzene rings is 2. The number of nitrogens with one attached hydrogen (secondary N) is 1. The Hall–Kier alpha value is -1.49. The van der Waals surface area contributed by atoms with Gasteiger partial charge >= 0.3 is 0 Å². The summed E-state index contributed by atoms with van der Waals surface area (Å²) < 4.78 is 0. The van der Waals surface area contributed by atoms with Gasteiger partial charge in [-0.3, -0.25) is 4.79 Å². The second kappa shape index (κ2) is 11.4. The van der Waals surface area contributed by atoms with Crippen LogP contribution in [0, 0.1) is 5.92 Å². The van der Waals surface area contributed by atoms with Crippen molar-refractivity contribution < 1.29 is 4.79 Å². The van der Waals surface area contributed by atoms with Crippen LogP contribution in [-0.2, 0) is 5.75 Å².